The highest BCUT2D eigenvalue weighted by molar-refractivity contribution is 5.91. The summed E-state index contributed by atoms with van der Waals surface area (Å²) in [5, 5.41) is 10.6. The Kier molecular flexibility index (Phi) is 5.44. The zero-order chi connectivity index (χ0) is 14.4. The molecule has 0 saturated carbocycles. The molecule has 0 spiro atoms. The van der Waals surface area contributed by atoms with E-state index < -0.39 is 10.9 Å². The van der Waals surface area contributed by atoms with E-state index in [1.165, 1.54) is 18.2 Å². The third-order valence-electron chi connectivity index (χ3n) is 2.80. The van der Waals surface area contributed by atoms with Gasteiger partial charge in [0, 0.05) is 25.7 Å². The molecule has 0 bridgehead atoms. The Morgan fingerprint density at radius 1 is 1.47 bits per heavy atom. The van der Waals surface area contributed by atoms with Crippen LogP contribution in [0.2, 0.25) is 0 Å². The maximum atomic E-state index is 11.8. The number of esters is 1. The highest BCUT2D eigenvalue weighted by atomic mass is 16.6. The number of hydrogen-bond acceptors (Lipinski definition) is 5. The summed E-state index contributed by atoms with van der Waals surface area (Å²) in [7, 11) is 1.59. The zero-order valence-corrected chi connectivity index (χ0v) is 11.2. The number of nitrogens with zero attached hydrogens (tertiary/aromatic N) is 1. The molecule has 0 heterocycles. The van der Waals surface area contributed by atoms with Crippen molar-refractivity contribution < 1.29 is 19.2 Å². The molecule has 0 N–H and O–H groups in total. The Bertz CT molecular complexity index is 472. The van der Waals surface area contributed by atoms with Crippen LogP contribution >= 0.6 is 0 Å². The first-order valence-electron chi connectivity index (χ1n) is 5.90. The molecule has 0 amide bonds. The minimum atomic E-state index is -0.498. The van der Waals surface area contributed by atoms with Gasteiger partial charge in [-0.15, -0.1) is 0 Å². The van der Waals surface area contributed by atoms with Gasteiger partial charge >= 0.3 is 5.97 Å². The molecular weight excluding hydrogens is 250 g/mol. The number of nitro groups is 1. The number of benzene rings is 1. The molecule has 1 aromatic carbocycles. The maximum Gasteiger partial charge on any atom is 0.338 e. The van der Waals surface area contributed by atoms with E-state index in [0.29, 0.717) is 17.5 Å². The van der Waals surface area contributed by atoms with Crippen LogP contribution in [0.4, 0.5) is 5.69 Å². The van der Waals surface area contributed by atoms with Crippen LogP contribution in [0, 0.1) is 17.0 Å². The molecule has 6 nitrogen and oxygen atoms in total. The molecule has 0 aliphatic heterocycles. The first kappa shape index (κ1) is 15.1. The number of non-ortho nitro benzene ring substituents is 1. The van der Waals surface area contributed by atoms with Crippen molar-refractivity contribution in [2.45, 2.75) is 26.4 Å². The average Bonchev–Trinajstić information content (AvgIpc) is 2.37. The lowest BCUT2D eigenvalue weighted by atomic mass is 10.1. The predicted molar refractivity (Wildman–Crippen MR) is 69.2 cm³/mol. The fourth-order valence-electron chi connectivity index (χ4n) is 1.50. The minimum Gasteiger partial charge on any atom is -0.462 e. The average molecular weight is 267 g/mol. The first-order valence-corrected chi connectivity index (χ1v) is 5.90. The van der Waals surface area contributed by atoms with Crippen molar-refractivity contribution in [2.75, 3.05) is 13.7 Å². The van der Waals surface area contributed by atoms with Crippen LogP contribution in [0.5, 0.6) is 0 Å². The predicted octanol–water partition coefficient (Wildman–Crippen LogP) is 2.49. The molecule has 0 radical (unpaired) electrons. The summed E-state index contributed by atoms with van der Waals surface area (Å²) in [5.41, 5.74) is 0.830. The van der Waals surface area contributed by atoms with Crippen LogP contribution < -0.4 is 0 Å². The third kappa shape index (κ3) is 4.33. The lowest BCUT2D eigenvalue weighted by Crippen LogP contribution is -2.13. The standard InChI is InChI=1S/C13H17NO5/c1-9-8-11(14(16)17)4-5-12(9)13(15)19-7-6-10(2)18-3/h4-5,8,10H,6-7H2,1-3H3/t10-/m0/s1. The van der Waals surface area contributed by atoms with Gasteiger partial charge in [-0.1, -0.05) is 0 Å². The van der Waals surface area contributed by atoms with Gasteiger partial charge in [0.2, 0.25) is 0 Å². The van der Waals surface area contributed by atoms with E-state index >= 15 is 0 Å². The van der Waals surface area contributed by atoms with Crippen LogP contribution in [-0.2, 0) is 9.47 Å². The molecule has 104 valence electrons. The van der Waals surface area contributed by atoms with Gasteiger partial charge in [-0.2, -0.15) is 0 Å². The number of aryl methyl sites for hydroxylation is 1. The first-order chi connectivity index (χ1) is 8.95. The minimum absolute atomic E-state index is 0.0192. The fourth-order valence-corrected chi connectivity index (χ4v) is 1.50. The summed E-state index contributed by atoms with van der Waals surface area (Å²) in [4.78, 5) is 21.9. The second-order valence-corrected chi connectivity index (χ2v) is 4.23. The van der Waals surface area contributed by atoms with E-state index in [0.717, 1.165) is 0 Å². The molecule has 0 aliphatic rings. The van der Waals surface area contributed by atoms with E-state index in [1.54, 1.807) is 14.0 Å². The van der Waals surface area contributed by atoms with Gasteiger partial charge < -0.3 is 9.47 Å². The number of carbonyl (C=O) groups excluding carboxylic acids is 1. The molecule has 1 aromatic rings. The van der Waals surface area contributed by atoms with Crippen LogP contribution in [0.3, 0.4) is 0 Å². The number of carbonyl (C=O) groups is 1. The number of rotatable bonds is 6. The number of hydrogen-bond donors (Lipinski definition) is 0. The topological polar surface area (TPSA) is 78.7 Å². The summed E-state index contributed by atoms with van der Waals surface area (Å²) in [6.45, 7) is 3.77. The zero-order valence-electron chi connectivity index (χ0n) is 11.2. The van der Waals surface area contributed by atoms with Crippen molar-refractivity contribution in [2.24, 2.45) is 0 Å². The fraction of sp³-hybridized carbons (Fsp3) is 0.462. The Hall–Kier alpha value is -1.95. The van der Waals surface area contributed by atoms with E-state index in [9.17, 15) is 14.9 Å². The van der Waals surface area contributed by atoms with E-state index in [4.69, 9.17) is 9.47 Å². The quantitative estimate of drug-likeness (QED) is 0.449. The van der Waals surface area contributed by atoms with E-state index in [-0.39, 0.29) is 18.4 Å². The number of nitro benzene ring substituents is 1. The van der Waals surface area contributed by atoms with Crippen molar-refractivity contribution >= 4 is 11.7 Å². The Morgan fingerprint density at radius 3 is 2.68 bits per heavy atom. The van der Waals surface area contributed by atoms with Crippen molar-refractivity contribution in [3.8, 4) is 0 Å². The van der Waals surface area contributed by atoms with Crippen LogP contribution in [0.25, 0.3) is 0 Å². The van der Waals surface area contributed by atoms with E-state index in [2.05, 4.69) is 0 Å². The van der Waals surface area contributed by atoms with Crippen molar-refractivity contribution in [3.63, 3.8) is 0 Å². The highest BCUT2D eigenvalue weighted by Gasteiger charge is 2.14. The summed E-state index contributed by atoms with van der Waals surface area (Å²) in [5.74, 6) is -0.476. The van der Waals surface area contributed by atoms with Gasteiger partial charge in [0.15, 0.2) is 0 Å². The van der Waals surface area contributed by atoms with Gasteiger partial charge in [0.25, 0.3) is 5.69 Å². The molecule has 0 aromatic heterocycles. The molecule has 0 unspecified atom stereocenters. The highest BCUT2D eigenvalue weighted by Crippen LogP contribution is 2.18. The van der Waals surface area contributed by atoms with Crippen molar-refractivity contribution in [1.29, 1.82) is 0 Å². The Balaban J connectivity index is 2.65. The summed E-state index contributed by atoms with van der Waals surface area (Å²) >= 11 is 0. The number of ether oxygens (including phenoxy) is 2. The Morgan fingerprint density at radius 2 is 2.16 bits per heavy atom. The monoisotopic (exact) mass is 267 g/mol. The van der Waals surface area contributed by atoms with Gasteiger partial charge in [0.05, 0.1) is 23.2 Å². The molecular formula is C13H17NO5. The van der Waals surface area contributed by atoms with Gasteiger partial charge in [0.1, 0.15) is 0 Å². The molecule has 0 saturated heterocycles. The summed E-state index contributed by atoms with van der Waals surface area (Å²) in [6.07, 6.45) is 0.625. The summed E-state index contributed by atoms with van der Waals surface area (Å²) < 4.78 is 10.1. The molecule has 1 atom stereocenters. The van der Waals surface area contributed by atoms with Crippen LogP contribution in [0.1, 0.15) is 29.3 Å². The molecule has 0 aliphatic carbocycles. The second kappa shape index (κ2) is 6.84. The molecule has 1 rings (SSSR count). The third-order valence-corrected chi connectivity index (χ3v) is 2.80. The second-order valence-electron chi connectivity index (χ2n) is 4.23. The summed E-state index contributed by atoms with van der Waals surface area (Å²) in [6, 6.07) is 4.06. The van der Waals surface area contributed by atoms with Gasteiger partial charge in [-0.05, 0) is 25.5 Å². The van der Waals surface area contributed by atoms with Gasteiger partial charge in [-0.3, -0.25) is 10.1 Å². The smallest absolute Gasteiger partial charge is 0.338 e. The molecule has 0 fully saturated rings. The number of methoxy groups -OCH3 is 1. The maximum absolute atomic E-state index is 11.8. The lowest BCUT2D eigenvalue weighted by Gasteiger charge is -2.10. The van der Waals surface area contributed by atoms with Crippen LogP contribution in [-0.4, -0.2) is 30.7 Å². The Labute approximate surface area is 111 Å². The lowest BCUT2D eigenvalue weighted by molar-refractivity contribution is -0.384. The molecule has 19 heavy (non-hydrogen) atoms. The van der Waals surface area contributed by atoms with Gasteiger partial charge in [-0.25, -0.2) is 4.79 Å². The molecule has 6 heteroatoms. The normalized spacial score (nSPS) is 11.9. The van der Waals surface area contributed by atoms with Crippen LogP contribution in [0.15, 0.2) is 18.2 Å². The van der Waals surface area contributed by atoms with Crippen molar-refractivity contribution in [3.05, 3.63) is 39.4 Å². The SMILES string of the molecule is CO[C@@H](C)CCOC(=O)c1ccc([N+](=O)[O-])cc1C. The van der Waals surface area contributed by atoms with Crippen molar-refractivity contribution in [1.82, 2.24) is 0 Å². The largest absolute Gasteiger partial charge is 0.462 e. The van der Waals surface area contributed by atoms with E-state index in [1.807, 2.05) is 6.92 Å².